The van der Waals surface area contributed by atoms with Gasteiger partial charge in [-0.25, -0.2) is 0 Å². The predicted octanol–water partition coefficient (Wildman–Crippen LogP) is 2.52. The number of likely N-dealkylation sites (tertiary alicyclic amines) is 1. The molecule has 1 aliphatic rings. The summed E-state index contributed by atoms with van der Waals surface area (Å²) in [7, 11) is 0. The summed E-state index contributed by atoms with van der Waals surface area (Å²) in [5.74, 6) is 0.996. The second-order valence-corrected chi connectivity index (χ2v) is 6.12. The van der Waals surface area contributed by atoms with Crippen molar-refractivity contribution in [2.24, 2.45) is 0 Å². The number of amides is 1. The Morgan fingerprint density at radius 3 is 2.62 bits per heavy atom. The number of hydrogen-bond acceptors (Lipinski definition) is 6. The number of benzene rings is 1. The van der Waals surface area contributed by atoms with Crippen molar-refractivity contribution in [1.29, 1.82) is 0 Å². The molecular formula is C18H21N3O5. The number of rotatable bonds is 8. The highest BCUT2D eigenvalue weighted by Gasteiger charge is 2.25. The zero-order chi connectivity index (χ0) is 18.4. The molecule has 1 saturated heterocycles. The molecule has 3 rings (SSSR count). The molecule has 2 heterocycles. The maximum absolute atomic E-state index is 12.1. The molecule has 1 N–H and O–H groups in total. The lowest BCUT2D eigenvalue weighted by Crippen LogP contribution is -2.38. The fourth-order valence-corrected chi connectivity index (χ4v) is 3.02. The van der Waals surface area contributed by atoms with Gasteiger partial charge in [0.15, 0.2) is 6.61 Å². The smallest absolute Gasteiger partial charge is 0.269 e. The van der Waals surface area contributed by atoms with Crippen molar-refractivity contribution in [2.45, 2.75) is 18.9 Å². The zero-order valence-electron chi connectivity index (χ0n) is 14.3. The van der Waals surface area contributed by atoms with Crippen molar-refractivity contribution in [3.05, 3.63) is 58.5 Å². The van der Waals surface area contributed by atoms with E-state index in [1.165, 1.54) is 24.3 Å². The van der Waals surface area contributed by atoms with Crippen molar-refractivity contribution < 1.29 is 18.9 Å². The molecule has 0 unspecified atom stereocenters. The molecule has 1 fully saturated rings. The van der Waals surface area contributed by atoms with E-state index < -0.39 is 4.92 Å². The van der Waals surface area contributed by atoms with Crippen LogP contribution in [0.25, 0.3) is 0 Å². The highest BCUT2D eigenvalue weighted by Crippen LogP contribution is 2.24. The average Bonchev–Trinajstić information content (AvgIpc) is 3.35. The number of ether oxygens (including phenoxy) is 1. The largest absolute Gasteiger partial charge is 0.484 e. The van der Waals surface area contributed by atoms with E-state index in [0.29, 0.717) is 12.3 Å². The third kappa shape index (κ3) is 4.60. The van der Waals surface area contributed by atoms with Gasteiger partial charge in [0.25, 0.3) is 11.6 Å². The molecule has 0 saturated carbocycles. The number of nitrogens with zero attached hydrogens (tertiary/aromatic N) is 2. The molecule has 1 aromatic carbocycles. The molecule has 138 valence electrons. The van der Waals surface area contributed by atoms with E-state index in [9.17, 15) is 14.9 Å². The molecule has 8 nitrogen and oxygen atoms in total. The van der Waals surface area contributed by atoms with Gasteiger partial charge in [-0.2, -0.15) is 0 Å². The van der Waals surface area contributed by atoms with E-state index in [1.54, 1.807) is 6.26 Å². The van der Waals surface area contributed by atoms with Gasteiger partial charge in [-0.05, 0) is 50.2 Å². The SMILES string of the molecule is O=C(COc1ccc([N+](=O)[O-])cc1)NC[C@@H](c1ccco1)N1CCCC1. The normalized spacial score (nSPS) is 15.5. The quantitative estimate of drug-likeness (QED) is 0.574. The number of nitro benzene ring substituents is 1. The highest BCUT2D eigenvalue weighted by atomic mass is 16.6. The minimum atomic E-state index is -0.483. The standard InChI is InChI=1S/C18H21N3O5/c22-18(13-26-15-7-5-14(6-8-15)21(23)24)19-12-16(17-4-3-11-25-17)20-9-1-2-10-20/h3-8,11,16H,1-2,9-10,12-13H2,(H,19,22)/t16-/m0/s1. The summed E-state index contributed by atoms with van der Waals surface area (Å²) in [4.78, 5) is 24.5. The summed E-state index contributed by atoms with van der Waals surface area (Å²) in [5.41, 5.74) is -0.0197. The topological polar surface area (TPSA) is 97.8 Å². The third-order valence-corrected chi connectivity index (χ3v) is 4.36. The molecule has 8 heteroatoms. The minimum Gasteiger partial charge on any atom is -0.484 e. The lowest BCUT2D eigenvalue weighted by molar-refractivity contribution is -0.384. The van der Waals surface area contributed by atoms with Gasteiger partial charge in [0.1, 0.15) is 11.5 Å². The van der Waals surface area contributed by atoms with Gasteiger partial charge in [0.05, 0.1) is 17.2 Å². The van der Waals surface area contributed by atoms with Gasteiger partial charge in [-0.3, -0.25) is 19.8 Å². The molecule has 1 aromatic heterocycles. The van der Waals surface area contributed by atoms with Crippen molar-refractivity contribution in [1.82, 2.24) is 10.2 Å². The molecule has 1 aliphatic heterocycles. The Morgan fingerprint density at radius 2 is 2.00 bits per heavy atom. The summed E-state index contributed by atoms with van der Waals surface area (Å²) in [6.07, 6.45) is 3.93. The Morgan fingerprint density at radius 1 is 1.27 bits per heavy atom. The lowest BCUT2D eigenvalue weighted by atomic mass is 10.2. The number of non-ortho nitro benzene ring substituents is 1. The zero-order valence-corrected chi connectivity index (χ0v) is 14.3. The van der Waals surface area contributed by atoms with Crippen LogP contribution < -0.4 is 10.1 Å². The first kappa shape index (κ1) is 17.9. The van der Waals surface area contributed by atoms with Crippen molar-refractivity contribution in [2.75, 3.05) is 26.2 Å². The van der Waals surface area contributed by atoms with Crippen molar-refractivity contribution >= 4 is 11.6 Å². The van der Waals surface area contributed by atoms with Crippen molar-refractivity contribution in [3.63, 3.8) is 0 Å². The van der Waals surface area contributed by atoms with Gasteiger partial charge in [-0.15, -0.1) is 0 Å². The lowest BCUT2D eigenvalue weighted by Gasteiger charge is -2.26. The Bertz CT molecular complexity index is 724. The Hall–Kier alpha value is -2.87. The van der Waals surface area contributed by atoms with E-state index in [-0.39, 0.29) is 24.2 Å². The number of furan rings is 1. The van der Waals surface area contributed by atoms with Crippen LogP contribution in [0.4, 0.5) is 5.69 Å². The number of hydrogen-bond donors (Lipinski definition) is 1. The number of carbonyl (C=O) groups is 1. The van der Waals surface area contributed by atoms with Crippen LogP contribution in [0.15, 0.2) is 47.1 Å². The average molecular weight is 359 g/mol. The first-order valence-electron chi connectivity index (χ1n) is 8.55. The first-order valence-corrected chi connectivity index (χ1v) is 8.55. The maximum atomic E-state index is 12.1. The second-order valence-electron chi connectivity index (χ2n) is 6.12. The summed E-state index contributed by atoms with van der Waals surface area (Å²) in [5, 5.41) is 13.5. The van der Waals surface area contributed by atoms with Crippen LogP contribution in [0.3, 0.4) is 0 Å². The second kappa shape index (κ2) is 8.48. The summed E-state index contributed by atoms with van der Waals surface area (Å²) in [6.45, 7) is 2.26. The Labute approximate surface area is 150 Å². The van der Waals surface area contributed by atoms with Crippen LogP contribution in [0.2, 0.25) is 0 Å². The van der Waals surface area contributed by atoms with Crippen LogP contribution in [-0.2, 0) is 4.79 Å². The number of nitrogens with one attached hydrogen (secondary N) is 1. The molecule has 0 bridgehead atoms. The third-order valence-electron chi connectivity index (χ3n) is 4.36. The molecule has 1 atom stereocenters. The Kier molecular flexibility index (Phi) is 5.85. The highest BCUT2D eigenvalue weighted by molar-refractivity contribution is 5.77. The predicted molar refractivity (Wildman–Crippen MR) is 93.9 cm³/mol. The van der Waals surface area contributed by atoms with Crippen LogP contribution >= 0.6 is 0 Å². The summed E-state index contributed by atoms with van der Waals surface area (Å²) < 4.78 is 10.9. The van der Waals surface area contributed by atoms with Crippen LogP contribution in [0.5, 0.6) is 5.75 Å². The molecule has 26 heavy (non-hydrogen) atoms. The summed E-state index contributed by atoms with van der Waals surface area (Å²) >= 11 is 0. The Balaban J connectivity index is 1.49. The molecule has 1 amide bonds. The molecule has 2 aromatic rings. The first-order chi connectivity index (χ1) is 12.6. The van der Waals surface area contributed by atoms with E-state index in [1.807, 2.05) is 12.1 Å². The molecule has 0 spiro atoms. The van der Waals surface area contributed by atoms with E-state index in [4.69, 9.17) is 9.15 Å². The number of nitro groups is 1. The van der Waals surface area contributed by atoms with Gasteiger partial charge in [-0.1, -0.05) is 0 Å². The maximum Gasteiger partial charge on any atom is 0.269 e. The van der Waals surface area contributed by atoms with Gasteiger partial charge < -0.3 is 14.5 Å². The van der Waals surface area contributed by atoms with E-state index in [2.05, 4.69) is 10.2 Å². The fourth-order valence-electron chi connectivity index (χ4n) is 3.02. The van der Waals surface area contributed by atoms with Crippen LogP contribution in [-0.4, -0.2) is 42.0 Å². The van der Waals surface area contributed by atoms with Gasteiger partial charge in [0, 0.05) is 18.7 Å². The monoisotopic (exact) mass is 359 g/mol. The van der Waals surface area contributed by atoms with E-state index in [0.717, 1.165) is 31.7 Å². The van der Waals surface area contributed by atoms with Crippen molar-refractivity contribution in [3.8, 4) is 5.75 Å². The van der Waals surface area contributed by atoms with E-state index >= 15 is 0 Å². The number of carbonyl (C=O) groups excluding carboxylic acids is 1. The van der Waals surface area contributed by atoms with Crippen LogP contribution in [0.1, 0.15) is 24.6 Å². The minimum absolute atomic E-state index is 0.0100. The summed E-state index contributed by atoms with van der Waals surface area (Å²) in [6, 6.07) is 9.40. The van der Waals surface area contributed by atoms with Gasteiger partial charge in [0.2, 0.25) is 0 Å². The fraction of sp³-hybridized carbons (Fsp3) is 0.389. The van der Waals surface area contributed by atoms with Crippen LogP contribution in [0, 0.1) is 10.1 Å². The molecular weight excluding hydrogens is 338 g/mol. The van der Waals surface area contributed by atoms with Gasteiger partial charge >= 0.3 is 0 Å². The molecule has 0 aliphatic carbocycles. The molecule has 0 radical (unpaired) electrons.